The van der Waals surface area contributed by atoms with Crippen LogP contribution in [0.1, 0.15) is 26.3 Å². The minimum atomic E-state index is -1.28. The minimum Gasteiger partial charge on any atom is -0.545 e. The van der Waals surface area contributed by atoms with Crippen molar-refractivity contribution in [1.82, 2.24) is 0 Å². The second kappa shape index (κ2) is 6.70. The molecule has 0 aromatic heterocycles. The Hall–Kier alpha value is -2.90. The number of benzene rings is 2. The summed E-state index contributed by atoms with van der Waals surface area (Å²) in [5.41, 5.74) is 0.871. The van der Waals surface area contributed by atoms with Gasteiger partial charge >= 0.3 is 0 Å². The minimum absolute atomic E-state index is 0.0275. The Morgan fingerprint density at radius 1 is 1.00 bits per heavy atom. The molecule has 2 rings (SSSR count). The lowest BCUT2D eigenvalue weighted by molar-refractivity contribution is -0.255. The molecule has 2 aromatic carbocycles. The van der Waals surface area contributed by atoms with Crippen LogP contribution in [0.25, 0.3) is 6.08 Å². The van der Waals surface area contributed by atoms with Crippen LogP contribution in [0.5, 0.6) is 0 Å². The first-order valence-corrected chi connectivity index (χ1v) is 6.62. The summed E-state index contributed by atoms with van der Waals surface area (Å²) in [6.45, 7) is 0. The molecule has 0 saturated carbocycles. The van der Waals surface area contributed by atoms with E-state index in [1.807, 2.05) is 6.07 Å². The summed E-state index contributed by atoms with van der Waals surface area (Å²) >= 11 is 5.76. The normalized spacial score (nSPS) is 10.8. The van der Waals surface area contributed by atoms with Crippen molar-refractivity contribution in [3.05, 3.63) is 75.8 Å². The van der Waals surface area contributed by atoms with E-state index in [9.17, 15) is 14.7 Å². The van der Waals surface area contributed by atoms with Crippen molar-refractivity contribution in [2.24, 2.45) is 0 Å². The molecule has 0 aliphatic heterocycles. The van der Waals surface area contributed by atoms with Crippen LogP contribution >= 0.6 is 11.6 Å². The third-order valence-electron chi connectivity index (χ3n) is 2.93. The Kier molecular flexibility index (Phi) is 4.72. The fourth-order valence-electron chi connectivity index (χ4n) is 1.79. The van der Waals surface area contributed by atoms with Gasteiger partial charge < -0.3 is 9.90 Å². The van der Waals surface area contributed by atoms with Gasteiger partial charge in [0.1, 0.15) is 11.6 Å². The van der Waals surface area contributed by atoms with Gasteiger partial charge in [-0.2, -0.15) is 5.26 Å². The van der Waals surface area contributed by atoms with Crippen molar-refractivity contribution >= 4 is 29.4 Å². The zero-order valence-electron chi connectivity index (χ0n) is 11.2. The number of Topliss-reactive ketones (excluding diaryl/α,β-unsaturated/α-hetero) is 1. The molecule has 0 radical (unpaired) electrons. The molecule has 2 aromatic rings. The highest BCUT2D eigenvalue weighted by atomic mass is 35.5. The van der Waals surface area contributed by atoms with Crippen LogP contribution in [0.4, 0.5) is 0 Å². The zero-order chi connectivity index (χ0) is 16.1. The number of ketones is 1. The van der Waals surface area contributed by atoms with Gasteiger partial charge in [-0.1, -0.05) is 35.9 Å². The number of carboxylic acid groups (broad SMARTS) is 1. The van der Waals surface area contributed by atoms with E-state index < -0.39 is 11.8 Å². The molecule has 0 aliphatic carbocycles. The summed E-state index contributed by atoms with van der Waals surface area (Å²) in [6.07, 6.45) is 1.40. The highest BCUT2D eigenvalue weighted by Gasteiger charge is 2.12. The largest absolute Gasteiger partial charge is 0.545 e. The standard InChI is InChI=1S/C17H10ClNO3/c18-15-7-5-12(6-8-15)16(20)14(10-19)9-11-1-3-13(4-2-11)17(21)22/h1-9H,(H,21,22)/p-1/b14-9+. The summed E-state index contributed by atoms with van der Waals surface area (Å²) in [5, 5.41) is 20.3. The van der Waals surface area contributed by atoms with E-state index in [0.29, 0.717) is 16.1 Å². The number of aromatic carboxylic acids is 1. The van der Waals surface area contributed by atoms with Crippen molar-refractivity contribution in [3.8, 4) is 6.07 Å². The topological polar surface area (TPSA) is 81.0 Å². The van der Waals surface area contributed by atoms with Crippen LogP contribution in [-0.2, 0) is 0 Å². The molecular weight excluding hydrogens is 302 g/mol. The van der Waals surface area contributed by atoms with Gasteiger partial charge in [-0.05, 0) is 41.5 Å². The van der Waals surface area contributed by atoms with E-state index in [2.05, 4.69) is 0 Å². The molecule has 0 saturated heterocycles. The quantitative estimate of drug-likeness (QED) is 0.493. The predicted molar refractivity (Wildman–Crippen MR) is 80.1 cm³/mol. The Morgan fingerprint density at radius 3 is 2.05 bits per heavy atom. The van der Waals surface area contributed by atoms with Gasteiger partial charge in [0, 0.05) is 10.6 Å². The summed E-state index contributed by atoms with van der Waals surface area (Å²) < 4.78 is 0. The van der Waals surface area contributed by atoms with E-state index in [1.165, 1.54) is 42.5 Å². The molecular formula is C17H9ClNO3-. The number of halogens is 1. The molecule has 0 fully saturated rings. The number of hydrogen-bond acceptors (Lipinski definition) is 4. The first kappa shape index (κ1) is 15.5. The summed E-state index contributed by atoms with van der Waals surface area (Å²) in [7, 11) is 0. The second-order valence-corrected chi connectivity index (χ2v) is 4.85. The van der Waals surface area contributed by atoms with Gasteiger partial charge in [-0.25, -0.2) is 0 Å². The number of nitrogens with zero attached hydrogens (tertiary/aromatic N) is 1. The number of carbonyl (C=O) groups is 2. The van der Waals surface area contributed by atoms with Crippen LogP contribution in [0.2, 0.25) is 5.02 Å². The number of carboxylic acids is 1. The third kappa shape index (κ3) is 3.60. The fourth-order valence-corrected chi connectivity index (χ4v) is 1.91. The lowest BCUT2D eigenvalue weighted by atomic mass is 10.0. The Labute approximate surface area is 131 Å². The van der Waals surface area contributed by atoms with Crippen LogP contribution in [0.15, 0.2) is 54.1 Å². The van der Waals surface area contributed by atoms with Crippen molar-refractivity contribution in [3.63, 3.8) is 0 Å². The maximum absolute atomic E-state index is 12.2. The summed E-state index contributed by atoms with van der Waals surface area (Å²) in [5.74, 6) is -1.71. The molecule has 0 N–H and O–H groups in total. The fraction of sp³-hybridized carbons (Fsp3) is 0. The van der Waals surface area contributed by atoms with Crippen molar-refractivity contribution in [2.75, 3.05) is 0 Å². The van der Waals surface area contributed by atoms with Gasteiger partial charge in [0.15, 0.2) is 0 Å². The van der Waals surface area contributed by atoms with Crippen LogP contribution < -0.4 is 5.11 Å². The van der Waals surface area contributed by atoms with Crippen LogP contribution in [0, 0.1) is 11.3 Å². The maximum atomic E-state index is 12.2. The molecule has 108 valence electrons. The SMILES string of the molecule is N#C/C(=C\c1ccc(C(=O)[O-])cc1)C(=O)c1ccc(Cl)cc1. The second-order valence-electron chi connectivity index (χ2n) is 4.42. The molecule has 0 amide bonds. The van der Waals surface area contributed by atoms with Gasteiger partial charge in [-0.3, -0.25) is 4.79 Å². The van der Waals surface area contributed by atoms with Gasteiger partial charge in [0.2, 0.25) is 5.78 Å². The first-order valence-electron chi connectivity index (χ1n) is 6.25. The van der Waals surface area contributed by atoms with Crippen molar-refractivity contribution in [2.45, 2.75) is 0 Å². The number of carbonyl (C=O) groups excluding carboxylic acids is 2. The van der Waals surface area contributed by atoms with Crippen molar-refractivity contribution < 1.29 is 14.7 Å². The molecule has 4 nitrogen and oxygen atoms in total. The van der Waals surface area contributed by atoms with E-state index in [0.717, 1.165) is 0 Å². The maximum Gasteiger partial charge on any atom is 0.203 e. The number of rotatable bonds is 4. The molecule has 0 bridgehead atoms. The Bertz CT molecular complexity index is 784. The number of hydrogen-bond donors (Lipinski definition) is 0. The molecule has 5 heteroatoms. The monoisotopic (exact) mass is 310 g/mol. The first-order chi connectivity index (χ1) is 10.5. The Balaban J connectivity index is 2.31. The lowest BCUT2D eigenvalue weighted by Crippen LogP contribution is -2.21. The molecule has 0 heterocycles. The van der Waals surface area contributed by atoms with Crippen LogP contribution in [0.3, 0.4) is 0 Å². The molecule has 0 atom stereocenters. The van der Waals surface area contributed by atoms with Crippen LogP contribution in [-0.4, -0.2) is 11.8 Å². The van der Waals surface area contributed by atoms with Gasteiger partial charge in [0.25, 0.3) is 0 Å². The molecule has 22 heavy (non-hydrogen) atoms. The third-order valence-corrected chi connectivity index (χ3v) is 3.18. The number of allylic oxidation sites excluding steroid dienone is 1. The van der Waals surface area contributed by atoms with E-state index >= 15 is 0 Å². The molecule has 0 unspecified atom stereocenters. The van der Waals surface area contributed by atoms with E-state index in [4.69, 9.17) is 16.9 Å². The summed E-state index contributed by atoms with van der Waals surface area (Å²) in [6, 6.07) is 13.8. The van der Waals surface area contributed by atoms with E-state index in [1.54, 1.807) is 12.1 Å². The number of nitriles is 1. The average molecular weight is 311 g/mol. The van der Waals surface area contributed by atoms with E-state index in [-0.39, 0.29) is 11.1 Å². The smallest absolute Gasteiger partial charge is 0.203 e. The van der Waals surface area contributed by atoms with Gasteiger partial charge in [0.05, 0.1) is 5.97 Å². The average Bonchev–Trinajstić information content (AvgIpc) is 2.53. The zero-order valence-corrected chi connectivity index (χ0v) is 12.0. The van der Waals surface area contributed by atoms with Gasteiger partial charge in [-0.15, -0.1) is 0 Å². The lowest BCUT2D eigenvalue weighted by Gasteiger charge is -2.03. The highest BCUT2D eigenvalue weighted by molar-refractivity contribution is 6.30. The molecule has 0 spiro atoms. The predicted octanol–water partition coefficient (Wildman–Crippen LogP) is 2.49. The summed E-state index contributed by atoms with van der Waals surface area (Å²) in [4.78, 5) is 22.9. The highest BCUT2D eigenvalue weighted by Crippen LogP contribution is 2.15. The Morgan fingerprint density at radius 2 is 1.55 bits per heavy atom. The van der Waals surface area contributed by atoms with Crippen molar-refractivity contribution in [1.29, 1.82) is 5.26 Å². The molecule has 0 aliphatic rings.